The van der Waals surface area contributed by atoms with E-state index in [9.17, 15) is 4.39 Å². The minimum atomic E-state index is -0.353. The lowest BCUT2D eigenvalue weighted by molar-refractivity contribution is 0.0854. The fourth-order valence-corrected chi connectivity index (χ4v) is 5.65. The summed E-state index contributed by atoms with van der Waals surface area (Å²) in [6.07, 6.45) is 5.51. The molecular weight excluding hydrogens is 337 g/mol. The van der Waals surface area contributed by atoms with Crippen molar-refractivity contribution in [3.05, 3.63) is 53.8 Å². The van der Waals surface area contributed by atoms with E-state index in [0.29, 0.717) is 11.7 Å². The lowest BCUT2D eigenvalue weighted by atomic mass is 9.59. The van der Waals surface area contributed by atoms with Gasteiger partial charge in [0.05, 0.1) is 0 Å². The van der Waals surface area contributed by atoms with Gasteiger partial charge < -0.3 is 10.1 Å². The SMILES string of the molecule is CNc1ccc(Oc2ccc(C3C(C)CC4CC(C)CC3C4)cc2)c(F)c1. The van der Waals surface area contributed by atoms with Crippen LogP contribution in [-0.4, -0.2) is 7.05 Å². The van der Waals surface area contributed by atoms with Crippen molar-refractivity contribution in [3.63, 3.8) is 0 Å². The zero-order valence-electron chi connectivity index (χ0n) is 16.5. The van der Waals surface area contributed by atoms with Gasteiger partial charge in [0.1, 0.15) is 5.75 Å². The monoisotopic (exact) mass is 367 g/mol. The Balaban J connectivity index is 1.50. The summed E-state index contributed by atoms with van der Waals surface area (Å²) in [5, 5.41) is 2.93. The van der Waals surface area contributed by atoms with Crippen LogP contribution in [0.15, 0.2) is 42.5 Å². The molecule has 2 fully saturated rings. The first-order chi connectivity index (χ1) is 13.0. The maximum Gasteiger partial charge on any atom is 0.167 e. The van der Waals surface area contributed by atoms with Crippen LogP contribution in [0.3, 0.4) is 0 Å². The molecule has 0 aliphatic heterocycles. The van der Waals surface area contributed by atoms with Crippen LogP contribution in [0.2, 0.25) is 0 Å². The van der Waals surface area contributed by atoms with Gasteiger partial charge >= 0.3 is 0 Å². The highest BCUT2D eigenvalue weighted by Crippen LogP contribution is 2.52. The van der Waals surface area contributed by atoms with Crippen molar-refractivity contribution < 1.29 is 9.13 Å². The van der Waals surface area contributed by atoms with E-state index in [-0.39, 0.29) is 11.6 Å². The summed E-state index contributed by atoms with van der Waals surface area (Å²) in [5.74, 6) is 4.56. The van der Waals surface area contributed by atoms with Crippen LogP contribution in [0.1, 0.15) is 51.0 Å². The maximum absolute atomic E-state index is 14.2. The highest BCUT2D eigenvalue weighted by molar-refractivity contribution is 5.47. The summed E-state index contributed by atoms with van der Waals surface area (Å²) in [7, 11) is 1.77. The Hall–Kier alpha value is -2.03. The summed E-state index contributed by atoms with van der Waals surface area (Å²) in [6, 6.07) is 13.3. The molecule has 2 aromatic rings. The predicted octanol–water partition coefficient (Wildman–Crippen LogP) is 6.84. The highest BCUT2D eigenvalue weighted by atomic mass is 19.1. The molecule has 1 N–H and O–H groups in total. The third-order valence-electron chi connectivity index (χ3n) is 6.62. The molecule has 3 heteroatoms. The van der Waals surface area contributed by atoms with Crippen LogP contribution in [0.4, 0.5) is 10.1 Å². The van der Waals surface area contributed by atoms with Crippen molar-refractivity contribution in [2.75, 3.05) is 12.4 Å². The van der Waals surface area contributed by atoms with E-state index in [2.05, 4.69) is 31.3 Å². The van der Waals surface area contributed by atoms with Crippen LogP contribution in [0.5, 0.6) is 11.5 Å². The Labute approximate surface area is 162 Å². The number of nitrogens with one attached hydrogen (secondary N) is 1. The molecular formula is C24H30FNO. The normalized spacial score (nSPS) is 30.0. The molecule has 0 aromatic heterocycles. The van der Waals surface area contributed by atoms with Gasteiger partial charge in [0.25, 0.3) is 0 Å². The van der Waals surface area contributed by atoms with Gasteiger partial charge in [-0.1, -0.05) is 26.0 Å². The summed E-state index contributed by atoms with van der Waals surface area (Å²) in [6.45, 7) is 4.83. The molecule has 2 aromatic carbocycles. The minimum absolute atomic E-state index is 0.261. The quantitative estimate of drug-likeness (QED) is 0.639. The molecule has 27 heavy (non-hydrogen) atoms. The van der Waals surface area contributed by atoms with Gasteiger partial charge in [-0.25, -0.2) is 4.39 Å². The van der Waals surface area contributed by atoms with E-state index in [0.717, 1.165) is 29.4 Å². The summed E-state index contributed by atoms with van der Waals surface area (Å²) >= 11 is 0. The molecule has 2 aliphatic carbocycles. The number of hydrogen-bond donors (Lipinski definition) is 1. The molecule has 2 bridgehead atoms. The maximum atomic E-state index is 14.2. The number of ether oxygens (including phenoxy) is 1. The van der Waals surface area contributed by atoms with Gasteiger partial charge in [-0.05, 0) is 85.1 Å². The van der Waals surface area contributed by atoms with Gasteiger partial charge in [0, 0.05) is 18.8 Å². The van der Waals surface area contributed by atoms with Crippen LogP contribution in [0.25, 0.3) is 0 Å². The molecule has 0 radical (unpaired) electrons. The molecule has 2 aliphatic rings. The number of anilines is 1. The summed E-state index contributed by atoms with van der Waals surface area (Å²) < 4.78 is 19.9. The number of halogens is 1. The largest absolute Gasteiger partial charge is 0.454 e. The second-order valence-corrected chi connectivity index (χ2v) is 8.74. The van der Waals surface area contributed by atoms with E-state index in [4.69, 9.17) is 4.74 Å². The highest BCUT2D eigenvalue weighted by Gasteiger charge is 2.40. The Morgan fingerprint density at radius 3 is 2.44 bits per heavy atom. The van der Waals surface area contributed by atoms with Gasteiger partial charge in [0.2, 0.25) is 0 Å². The summed E-state index contributed by atoms with van der Waals surface area (Å²) in [4.78, 5) is 0. The Kier molecular flexibility index (Phi) is 5.12. The fourth-order valence-electron chi connectivity index (χ4n) is 5.65. The lowest BCUT2D eigenvalue weighted by Crippen LogP contribution is -2.35. The van der Waals surface area contributed by atoms with E-state index >= 15 is 0 Å². The van der Waals surface area contributed by atoms with Crippen LogP contribution >= 0.6 is 0 Å². The molecule has 0 spiro atoms. The molecule has 0 heterocycles. The molecule has 5 unspecified atom stereocenters. The average Bonchev–Trinajstić information content (AvgIpc) is 2.64. The van der Waals surface area contributed by atoms with E-state index in [1.54, 1.807) is 13.1 Å². The second-order valence-electron chi connectivity index (χ2n) is 8.74. The number of fused-ring (bicyclic) bond motifs is 2. The van der Waals surface area contributed by atoms with Crippen molar-refractivity contribution in [1.82, 2.24) is 0 Å². The average molecular weight is 368 g/mol. The Morgan fingerprint density at radius 1 is 0.963 bits per heavy atom. The van der Waals surface area contributed by atoms with Crippen molar-refractivity contribution in [3.8, 4) is 11.5 Å². The number of hydrogen-bond acceptors (Lipinski definition) is 2. The number of rotatable bonds is 4. The molecule has 2 nitrogen and oxygen atoms in total. The zero-order chi connectivity index (χ0) is 19.0. The molecule has 4 rings (SSSR count). The van der Waals surface area contributed by atoms with Crippen molar-refractivity contribution in [1.29, 1.82) is 0 Å². The van der Waals surface area contributed by atoms with E-state index < -0.39 is 0 Å². The predicted molar refractivity (Wildman–Crippen MR) is 109 cm³/mol. The minimum Gasteiger partial charge on any atom is -0.454 e. The third-order valence-corrected chi connectivity index (χ3v) is 6.62. The molecule has 0 saturated heterocycles. The van der Waals surface area contributed by atoms with Crippen molar-refractivity contribution in [2.24, 2.45) is 23.7 Å². The standard InChI is InChI=1S/C24H30FNO/c1-15-10-17-12-16(2)24(19(11-15)13-17)18-4-7-21(8-5-18)27-23-9-6-20(26-3)14-22(23)25/h4-9,14-17,19,24,26H,10-13H2,1-3H3. The number of benzene rings is 2. The van der Waals surface area contributed by atoms with Crippen molar-refractivity contribution in [2.45, 2.75) is 45.4 Å². The Bertz CT molecular complexity index is 783. The van der Waals surface area contributed by atoms with Gasteiger partial charge in [-0.3, -0.25) is 0 Å². The molecule has 2 saturated carbocycles. The smallest absolute Gasteiger partial charge is 0.167 e. The lowest BCUT2D eigenvalue weighted by Gasteiger charge is -2.46. The zero-order valence-corrected chi connectivity index (χ0v) is 16.5. The van der Waals surface area contributed by atoms with Crippen molar-refractivity contribution >= 4 is 5.69 Å². The second kappa shape index (κ2) is 7.53. The van der Waals surface area contributed by atoms with Gasteiger partial charge in [-0.15, -0.1) is 0 Å². The topological polar surface area (TPSA) is 21.3 Å². The first-order valence-corrected chi connectivity index (χ1v) is 10.3. The summed E-state index contributed by atoms with van der Waals surface area (Å²) in [5.41, 5.74) is 2.15. The Morgan fingerprint density at radius 2 is 1.74 bits per heavy atom. The van der Waals surface area contributed by atoms with Crippen LogP contribution in [-0.2, 0) is 0 Å². The third kappa shape index (κ3) is 3.83. The van der Waals surface area contributed by atoms with Crippen LogP contribution in [0, 0.1) is 29.5 Å². The first kappa shape index (κ1) is 18.3. The van der Waals surface area contributed by atoms with Gasteiger partial charge in [-0.2, -0.15) is 0 Å². The molecule has 5 atom stereocenters. The fraction of sp³-hybridized carbons (Fsp3) is 0.500. The molecule has 144 valence electrons. The van der Waals surface area contributed by atoms with E-state index in [1.807, 2.05) is 18.2 Å². The van der Waals surface area contributed by atoms with E-state index in [1.165, 1.54) is 37.3 Å². The van der Waals surface area contributed by atoms with Gasteiger partial charge in [0.15, 0.2) is 11.6 Å². The molecule has 0 amide bonds. The van der Waals surface area contributed by atoms with Crippen LogP contribution < -0.4 is 10.1 Å². The first-order valence-electron chi connectivity index (χ1n) is 10.3.